The first-order chi connectivity index (χ1) is 17.3. The molecule has 1 aliphatic rings. The lowest BCUT2D eigenvalue weighted by molar-refractivity contribution is 0.0581. The Labute approximate surface area is 223 Å². The fraction of sp³-hybridized carbons (Fsp3) is 1.00. The summed E-state index contributed by atoms with van der Waals surface area (Å²) in [4.78, 5) is 0. The van der Waals surface area contributed by atoms with Gasteiger partial charge in [0.1, 0.15) is 0 Å². The molecule has 0 amide bonds. The SMILES string of the molecule is CCCCCCCCC1C(CCCCCC)CCC(CCCCCC)C1CCCCCCCCN. The van der Waals surface area contributed by atoms with Crippen LogP contribution in [0.1, 0.15) is 188 Å². The van der Waals surface area contributed by atoms with Crippen LogP contribution in [0.5, 0.6) is 0 Å². The molecule has 35 heavy (non-hydrogen) atoms. The summed E-state index contributed by atoms with van der Waals surface area (Å²) in [5, 5.41) is 0. The van der Waals surface area contributed by atoms with Crippen molar-refractivity contribution in [3.63, 3.8) is 0 Å². The Morgan fingerprint density at radius 1 is 0.400 bits per heavy atom. The van der Waals surface area contributed by atoms with E-state index in [1.807, 2.05) is 0 Å². The van der Waals surface area contributed by atoms with Crippen LogP contribution in [0.4, 0.5) is 0 Å². The minimum atomic E-state index is 0.877. The van der Waals surface area contributed by atoms with Crippen molar-refractivity contribution in [3.05, 3.63) is 0 Å². The van der Waals surface area contributed by atoms with Crippen molar-refractivity contribution in [2.45, 2.75) is 188 Å². The zero-order chi connectivity index (χ0) is 25.4. The van der Waals surface area contributed by atoms with Crippen molar-refractivity contribution in [1.29, 1.82) is 0 Å². The van der Waals surface area contributed by atoms with Crippen LogP contribution in [-0.2, 0) is 0 Å². The third kappa shape index (κ3) is 16.4. The van der Waals surface area contributed by atoms with Gasteiger partial charge in [0.2, 0.25) is 0 Å². The van der Waals surface area contributed by atoms with E-state index in [0.717, 1.165) is 30.2 Å². The normalized spacial score (nSPS) is 22.6. The molecule has 0 aliphatic heterocycles. The molecule has 0 aromatic rings. The Hall–Kier alpha value is -0.0400. The first kappa shape index (κ1) is 33.0. The predicted octanol–water partition coefficient (Wildman–Crippen LogP) is 11.6. The summed E-state index contributed by atoms with van der Waals surface area (Å²) in [7, 11) is 0. The van der Waals surface area contributed by atoms with Crippen LogP contribution >= 0.6 is 0 Å². The second kappa shape index (κ2) is 24.3. The van der Waals surface area contributed by atoms with Gasteiger partial charge in [0.05, 0.1) is 0 Å². The maximum atomic E-state index is 5.69. The molecule has 1 heteroatoms. The Balaban J connectivity index is 2.70. The van der Waals surface area contributed by atoms with Crippen LogP contribution in [0.25, 0.3) is 0 Å². The lowest BCUT2D eigenvalue weighted by Crippen LogP contribution is -2.35. The second-order valence-electron chi connectivity index (χ2n) is 12.4. The Bertz CT molecular complexity index is 419. The number of hydrogen-bond donors (Lipinski definition) is 1. The highest BCUT2D eigenvalue weighted by Crippen LogP contribution is 2.47. The van der Waals surface area contributed by atoms with Crippen LogP contribution < -0.4 is 5.73 Å². The molecule has 1 fully saturated rings. The van der Waals surface area contributed by atoms with Crippen LogP contribution in [0.15, 0.2) is 0 Å². The van der Waals surface area contributed by atoms with Gasteiger partial charge in [0, 0.05) is 0 Å². The van der Waals surface area contributed by atoms with Crippen LogP contribution in [0.2, 0.25) is 0 Å². The summed E-state index contributed by atoms with van der Waals surface area (Å²) in [6.07, 6.45) is 38.0. The lowest BCUT2D eigenvalue weighted by atomic mass is 9.61. The first-order valence-corrected chi connectivity index (χ1v) is 17.0. The molecule has 4 atom stereocenters. The van der Waals surface area contributed by atoms with E-state index in [0.29, 0.717) is 0 Å². The summed E-state index contributed by atoms with van der Waals surface area (Å²) in [5.41, 5.74) is 5.69. The fourth-order valence-electron chi connectivity index (χ4n) is 7.23. The molecule has 1 saturated carbocycles. The third-order valence-corrected chi connectivity index (χ3v) is 9.41. The Morgan fingerprint density at radius 2 is 0.714 bits per heavy atom. The van der Waals surface area contributed by atoms with Crippen molar-refractivity contribution in [2.24, 2.45) is 29.4 Å². The van der Waals surface area contributed by atoms with E-state index in [1.54, 1.807) is 32.1 Å². The molecular formula is C34H69N. The van der Waals surface area contributed by atoms with Gasteiger partial charge in [-0.2, -0.15) is 0 Å². The van der Waals surface area contributed by atoms with Gasteiger partial charge in [0.15, 0.2) is 0 Å². The minimum absolute atomic E-state index is 0.877. The van der Waals surface area contributed by atoms with E-state index in [2.05, 4.69) is 20.8 Å². The van der Waals surface area contributed by atoms with Gasteiger partial charge in [-0.25, -0.2) is 0 Å². The molecule has 0 spiro atoms. The molecule has 0 saturated heterocycles. The molecule has 0 heterocycles. The monoisotopic (exact) mass is 492 g/mol. The topological polar surface area (TPSA) is 26.0 Å². The quantitative estimate of drug-likeness (QED) is 0.126. The van der Waals surface area contributed by atoms with Crippen molar-refractivity contribution in [1.82, 2.24) is 0 Å². The molecule has 2 N–H and O–H groups in total. The summed E-state index contributed by atoms with van der Waals surface area (Å²) in [6, 6.07) is 0. The smallest absolute Gasteiger partial charge is 0.00773 e. The second-order valence-corrected chi connectivity index (χ2v) is 12.4. The van der Waals surface area contributed by atoms with Gasteiger partial charge in [-0.3, -0.25) is 0 Å². The zero-order valence-electron chi connectivity index (χ0n) is 25.0. The van der Waals surface area contributed by atoms with Gasteiger partial charge in [0.25, 0.3) is 0 Å². The number of nitrogens with two attached hydrogens (primary N) is 1. The summed E-state index contributed by atoms with van der Waals surface area (Å²) < 4.78 is 0. The largest absolute Gasteiger partial charge is 0.330 e. The molecule has 0 bridgehead atoms. The van der Waals surface area contributed by atoms with Crippen LogP contribution in [0.3, 0.4) is 0 Å². The van der Waals surface area contributed by atoms with E-state index in [-0.39, 0.29) is 0 Å². The van der Waals surface area contributed by atoms with E-state index in [1.165, 1.54) is 135 Å². The maximum Gasteiger partial charge on any atom is -0.00773 e. The van der Waals surface area contributed by atoms with Gasteiger partial charge in [-0.1, -0.05) is 156 Å². The highest BCUT2D eigenvalue weighted by atomic mass is 14.5. The van der Waals surface area contributed by atoms with Crippen molar-refractivity contribution in [3.8, 4) is 0 Å². The fourth-order valence-corrected chi connectivity index (χ4v) is 7.23. The molecular weight excluding hydrogens is 422 g/mol. The highest BCUT2D eigenvalue weighted by Gasteiger charge is 2.37. The molecule has 0 radical (unpaired) electrons. The number of rotatable bonds is 25. The average molecular weight is 492 g/mol. The van der Waals surface area contributed by atoms with E-state index >= 15 is 0 Å². The predicted molar refractivity (Wildman–Crippen MR) is 160 cm³/mol. The van der Waals surface area contributed by atoms with Crippen LogP contribution in [-0.4, -0.2) is 6.54 Å². The average Bonchev–Trinajstić information content (AvgIpc) is 2.87. The summed E-state index contributed by atoms with van der Waals surface area (Å²) in [5.74, 6) is 4.18. The molecule has 1 nitrogen and oxygen atoms in total. The first-order valence-electron chi connectivity index (χ1n) is 17.0. The highest BCUT2D eigenvalue weighted by molar-refractivity contribution is 4.88. The van der Waals surface area contributed by atoms with Crippen molar-refractivity contribution < 1.29 is 0 Å². The third-order valence-electron chi connectivity index (χ3n) is 9.41. The van der Waals surface area contributed by atoms with Gasteiger partial charge in [-0.05, 0) is 62.3 Å². The summed E-state index contributed by atoms with van der Waals surface area (Å²) in [6.45, 7) is 7.93. The van der Waals surface area contributed by atoms with Gasteiger partial charge < -0.3 is 5.73 Å². The van der Waals surface area contributed by atoms with Crippen LogP contribution in [0, 0.1) is 23.7 Å². The molecule has 0 aromatic heterocycles. The Morgan fingerprint density at radius 3 is 1.11 bits per heavy atom. The molecule has 4 unspecified atom stereocenters. The number of unbranched alkanes of at least 4 members (excludes halogenated alkanes) is 16. The lowest BCUT2D eigenvalue weighted by Gasteiger charge is -2.44. The summed E-state index contributed by atoms with van der Waals surface area (Å²) >= 11 is 0. The van der Waals surface area contributed by atoms with E-state index in [9.17, 15) is 0 Å². The molecule has 0 aromatic carbocycles. The zero-order valence-corrected chi connectivity index (χ0v) is 25.0. The molecule has 1 rings (SSSR count). The van der Waals surface area contributed by atoms with Gasteiger partial charge >= 0.3 is 0 Å². The molecule has 1 aliphatic carbocycles. The van der Waals surface area contributed by atoms with Crippen molar-refractivity contribution in [2.75, 3.05) is 6.54 Å². The maximum absolute atomic E-state index is 5.69. The van der Waals surface area contributed by atoms with Crippen molar-refractivity contribution >= 4 is 0 Å². The minimum Gasteiger partial charge on any atom is -0.330 e. The van der Waals surface area contributed by atoms with E-state index in [4.69, 9.17) is 5.73 Å². The standard InChI is InChI=1S/C34H69N/c1-4-7-10-13-16-21-26-33-31(24-19-11-8-5-2)28-29-32(25-20-12-9-6-3)34(33)27-22-17-14-15-18-23-30-35/h31-34H,4-30,35H2,1-3H3. The molecule has 210 valence electrons. The van der Waals surface area contributed by atoms with E-state index < -0.39 is 0 Å². The number of hydrogen-bond acceptors (Lipinski definition) is 1. The Kier molecular flexibility index (Phi) is 22.9. The van der Waals surface area contributed by atoms with Gasteiger partial charge in [-0.15, -0.1) is 0 Å².